The Balaban J connectivity index is 1.73. The maximum absolute atomic E-state index is 12.9. The van der Waals surface area contributed by atoms with Crippen molar-refractivity contribution >= 4 is 17.5 Å². The lowest BCUT2D eigenvalue weighted by molar-refractivity contribution is 0.0933. The van der Waals surface area contributed by atoms with Crippen LogP contribution in [0.4, 0.5) is 0 Å². The summed E-state index contributed by atoms with van der Waals surface area (Å²) in [6.45, 7) is 7.36. The molecule has 0 spiro atoms. The molecule has 1 N–H and O–H groups in total. The molecule has 1 aliphatic rings. The van der Waals surface area contributed by atoms with E-state index in [1.165, 1.54) is 0 Å². The Morgan fingerprint density at radius 2 is 2.07 bits per heavy atom. The van der Waals surface area contributed by atoms with Crippen molar-refractivity contribution in [2.24, 2.45) is 0 Å². The molecule has 1 atom stereocenters. The Labute approximate surface area is 177 Å². The van der Waals surface area contributed by atoms with Gasteiger partial charge in [0.25, 0.3) is 5.91 Å². The molecule has 1 aromatic heterocycles. The third-order valence-corrected chi connectivity index (χ3v) is 5.21. The number of halogens is 1. The normalized spacial score (nSPS) is 15.3. The van der Waals surface area contributed by atoms with E-state index in [1.54, 1.807) is 18.4 Å². The molecule has 1 amide bonds. The summed E-state index contributed by atoms with van der Waals surface area (Å²) in [6, 6.07) is 7.17. The predicted molar refractivity (Wildman–Crippen MR) is 113 cm³/mol. The Bertz CT molecular complexity index is 788. The van der Waals surface area contributed by atoms with E-state index in [-0.39, 0.29) is 11.9 Å². The average Bonchev–Trinajstić information content (AvgIpc) is 3.42. The second kappa shape index (κ2) is 10.6. The number of hydrogen-bond acceptors (Lipinski definition) is 5. The summed E-state index contributed by atoms with van der Waals surface area (Å²) in [4.78, 5) is 15.2. The van der Waals surface area contributed by atoms with E-state index in [0.717, 1.165) is 38.1 Å². The van der Waals surface area contributed by atoms with Crippen molar-refractivity contribution in [1.29, 1.82) is 0 Å². The number of benzene rings is 1. The molecule has 2 heterocycles. The molecule has 6 nitrogen and oxygen atoms in total. The van der Waals surface area contributed by atoms with Crippen LogP contribution in [-0.4, -0.2) is 43.7 Å². The highest BCUT2D eigenvalue weighted by atomic mass is 35.5. The van der Waals surface area contributed by atoms with Crippen LogP contribution < -0.4 is 14.8 Å². The monoisotopic (exact) mass is 420 g/mol. The second-order valence-electron chi connectivity index (χ2n) is 7.05. The van der Waals surface area contributed by atoms with Gasteiger partial charge in [-0.2, -0.15) is 0 Å². The molecule has 1 fully saturated rings. The highest BCUT2D eigenvalue weighted by Crippen LogP contribution is 2.37. The van der Waals surface area contributed by atoms with Crippen LogP contribution in [-0.2, 0) is 0 Å². The standard InChI is InChI=1S/C22H29ClN2O4/c1-3-11-29-21-17(23)13-16(14-20(21)27-4-2)22(26)24-15-18(19-8-7-12-28-19)25-9-5-6-10-25/h7-8,12-14,18H,3-6,9-11,15H2,1-2H3,(H,24,26). The summed E-state index contributed by atoms with van der Waals surface area (Å²) in [6.07, 6.45) is 4.85. The molecular formula is C22H29ClN2O4. The molecule has 1 unspecified atom stereocenters. The van der Waals surface area contributed by atoms with Crippen molar-refractivity contribution in [3.05, 3.63) is 46.9 Å². The van der Waals surface area contributed by atoms with E-state index in [0.29, 0.717) is 41.8 Å². The minimum atomic E-state index is -0.203. The number of carbonyl (C=O) groups is 1. The molecule has 3 rings (SSSR count). The summed E-state index contributed by atoms with van der Waals surface area (Å²) in [5.74, 6) is 1.63. The van der Waals surface area contributed by atoms with E-state index >= 15 is 0 Å². The minimum absolute atomic E-state index is 0.0189. The highest BCUT2D eigenvalue weighted by molar-refractivity contribution is 6.32. The Kier molecular flexibility index (Phi) is 7.83. The first-order chi connectivity index (χ1) is 14.1. The molecule has 1 aliphatic heterocycles. The summed E-state index contributed by atoms with van der Waals surface area (Å²) in [5, 5.41) is 3.40. The van der Waals surface area contributed by atoms with Gasteiger partial charge in [0.05, 0.1) is 30.5 Å². The van der Waals surface area contributed by atoms with Crippen LogP contribution in [0.2, 0.25) is 5.02 Å². The molecule has 0 saturated carbocycles. The molecule has 7 heteroatoms. The fourth-order valence-electron chi connectivity index (χ4n) is 3.54. The van der Waals surface area contributed by atoms with Gasteiger partial charge in [0.15, 0.2) is 11.5 Å². The van der Waals surface area contributed by atoms with Gasteiger partial charge in [-0.3, -0.25) is 9.69 Å². The summed E-state index contributed by atoms with van der Waals surface area (Å²) in [5.41, 5.74) is 0.446. The van der Waals surface area contributed by atoms with Crippen LogP contribution in [0.5, 0.6) is 11.5 Å². The van der Waals surface area contributed by atoms with Crippen LogP contribution in [0.1, 0.15) is 55.3 Å². The van der Waals surface area contributed by atoms with Crippen molar-refractivity contribution in [2.45, 2.75) is 39.2 Å². The van der Waals surface area contributed by atoms with Gasteiger partial charge in [-0.25, -0.2) is 0 Å². The quantitative estimate of drug-likeness (QED) is 0.604. The van der Waals surface area contributed by atoms with Gasteiger partial charge in [-0.1, -0.05) is 18.5 Å². The lowest BCUT2D eigenvalue weighted by Crippen LogP contribution is -2.36. The number of furan rings is 1. The molecule has 0 bridgehead atoms. The summed E-state index contributed by atoms with van der Waals surface area (Å²) < 4.78 is 17.0. The molecule has 29 heavy (non-hydrogen) atoms. The maximum Gasteiger partial charge on any atom is 0.251 e. The van der Waals surface area contributed by atoms with Crippen LogP contribution >= 0.6 is 11.6 Å². The number of hydrogen-bond donors (Lipinski definition) is 1. The Morgan fingerprint density at radius 1 is 1.28 bits per heavy atom. The van der Waals surface area contributed by atoms with E-state index < -0.39 is 0 Å². The minimum Gasteiger partial charge on any atom is -0.490 e. The van der Waals surface area contributed by atoms with Gasteiger partial charge in [-0.15, -0.1) is 0 Å². The Morgan fingerprint density at radius 3 is 2.72 bits per heavy atom. The third-order valence-electron chi connectivity index (χ3n) is 4.93. The van der Waals surface area contributed by atoms with Crippen molar-refractivity contribution in [2.75, 3.05) is 32.8 Å². The molecule has 1 aromatic carbocycles. The first kappa shape index (κ1) is 21.5. The van der Waals surface area contributed by atoms with Gasteiger partial charge in [-0.05, 0) is 63.5 Å². The number of likely N-dealkylation sites (tertiary alicyclic amines) is 1. The van der Waals surface area contributed by atoms with Gasteiger partial charge in [0.2, 0.25) is 0 Å². The summed E-state index contributed by atoms with van der Waals surface area (Å²) in [7, 11) is 0. The zero-order valence-electron chi connectivity index (χ0n) is 17.1. The second-order valence-corrected chi connectivity index (χ2v) is 7.46. The molecule has 1 saturated heterocycles. The summed E-state index contributed by atoms with van der Waals surface area (Å²) >= 11 is 6.39. The number of rotatable bonds is 10. The third kappa shape index (κ3) is 5.46. The Hall–Kier alpha value is -2.18. The number of carbonyl (C=O) groups excluding carboxylic acids is 1. The van der Waals surface area contributed by atoms with E-state index in [4.69, 9.17) is 25.5 Å². The maximum atomic E-state index is 12.9. The first-order valence-electron chi connectivity index (χ1n) is 10.3. The fourth-order valence-corrected chi connectivity index (χ4v) is 3.81. The average molecular weight is 421 g/mol. The van der Waals surface area contributed by atoms with Crippen LogP contribution in [0, 0.1) is 0 Å². The van der Waals surface area contributed by atoms with Gasteiger partial charge >= 0.3 is 0 Å². The largest absolute Gasteiger partial charge is 0.490 e. The predicted octanol–water partition coefficient (Wildman–Crippen LogP) is 4.69. The zero-order chi connectivity index (χ0) is 20.6. The lowest BCUT2D eigenvalue weighted by Gasteiger charge is -2.26. The van der Waals surface area contributed by atoms with E-state index in [9.17, 15) is 4.79 Å². The molecule has 0 aliphatic carbocycles. The molecular weight excluding hydrogens is 392 g/mol. The van der Waals surface area contributed by atoms with Crippen LogP contribution in [0.15, 0.2) is 34.9 Å². The van der Waals surface area contributed by atoms with E-state index in [1.807, 2.05) is 26.0 Å². The van der Waals surface area contributed by atoms with Gasteiger partial charge < -0.3 is 19.2 Å². The van der Waals surface area contributed by atoms with E-state index in [2.05, 4.69) is 10.2 Å². The van der Waals surface area contributed by atoms with Gasteiger partial charge in [0, 0.05) is 12.1 Å². The first-order valence-corrected chi connectivity index (χ1v) is 10.7. The number of amides is 1. The molecule has 2 aromatic rings. The van der Waals surface area contributed by atoms with Gasteiger partial charge in [0.1, 0.15) is 5.76 Å². The SMILES string of the molecule is CCCOc1c(Cl)cc(C(=O)NCC(c2ccco2)N2CCCC2)cc1OCC. The van der Waals surface area contributed by atoms with Crippen LogP contribution in [0.25, 0.3) is 0 Å². The number of nitrogens with one attached hydrogen (secondary N) is 1. The smallest absolute Gasteiger partial charge is 0.251 e. The zero-order valence-corrected chi connectivity index (χ0v) is 17.8. The van der Waals surface area contributed by atoms with Crippen molar-refractivity contribution in [1.82, 2.24) is 10.2 Å². The molecule has 0 radical (unpaired) electrons. The highest BCUT2D eigenvalue weighted by Gasteiger charge is 2.26. The molecule has 158 valence electrons. The van der Waals surface area contributed by atoms with Crippen molar-refractivity contribution < 1.29 is 18.7 Å². The fraction of sp³-hybridized carbons (Fsp3) is 0.500. The number of ether oxygens (including phenoxy) is 2. The van der Waals surface area contributed by atoms with Crippen molar-refractivity contribution in [3.63, 3.8) is 0 Å². The van der Waals surface area contributed by atoms with Crippen molar-refractivity contribution in [3.8, 4) is 11.5 Å². The topological polar surface area (TPSA) is 63.9 Å². The van der Waals surface area contributed by atoms with Crippen LogP contribution in [0.3, 0.4) is 0 Å². The number of nitrogens with zero attached hydrogens (tertiary/aromatic N) is 1. The lowest BCUT2D eigenvalue weighted by atomic mass is 10.1.